The molecule has 6 aromatic carbocycles. The Balaban J connectivity index is 1.32. The number of aryl methyl sites for hydroxylation is 6. The number of Topliss-reactive ketones (excluding diaryl/α,β-unsaturated/α-hetero) is 6. The zero-order chi connectivity index (χ0) is 102. The zero-order valence-electron chi connectivity index (χ0n) is 86.0. The first-order valence-electron chi connectivity index (χ1n) is 52.6. The molecular formula is C116H174N12O12. The van der Waals surface area contributed by atoms with Gasteiger partial charge >= 0.3 is 0 Å². The first kappa shape index (κ1) is 119. The minimum atomic E-state index is -0.743. The van der Waals surface area contributed by atoms with Crippen LogP contribution in [0.5, 0.6) is 0 Å². The van der Waals surface area contributed by atoms with Crippen LogP contribution in [0.25, 0.3) is 0 Å². The van der Waals surface area contributed by atoms with Crippen molar-refractivity contribution in [1.82, 2.24) is 29.4 Å². The first-order chi connectivity index (χ1) is 67.3. The fourth-order valence-corrected chi connectivity index (χ4v) is 19.0. The number of carbonyl (C=O) groups is 12. The number of carbonyl (C=O) groups excluding carboxylic acids is 12. The molecule has 0 aliphatic rings. The molecule has 0 spiro atoms. The Morgan fingerprint density at radius 3 is 0.557 bits per heavy atom. The third kappa shape index (κ3) is 51.0. The number of hydrogen-bond acceptors (Lipinski definition) is 18. The largest absolute Gasteiger partial charge is 0.335 e. The second-order valence-corrected chi connectivity index (χ2v) is 41.6. The lowest BCUT2D eigenvalue weighted by Gasteiger charge is -2.32. The summed E-state index contributed by atoms with van der Waals surface area (Å²) in [6.07, 6.45) is 15.3. The number of ketones is 6. The van der Waals surface area contributed by atoms with Gasteiger partial charge < -0.3 is 63.8 Å². The van der Waals surface area contributed by atoms with Crippen LogP contribution in [0, 0.1) is 46.3 Å². The molecule has 6 rings (SSSR count). The van der Waals surface area contributed by atoms with Crippen LogP contribution in [-0.2, 0) is 96.1 Å². The van der Waals surface area contributed by atoms with Crippen molar-refractivity contribution in [1.29, 1.82) is 0 Å². The number of nitrogens with two attached hydrogens (primary N) is 6. The van der Waals surface area contributed by atoms with Crippen molar-refractivity contribution in [3.63, 3.8) is 0 Å². The van der Waals surface area contributed by atoms with Gasteiger partial charge in [-0.25, -0.2) is 0 Å². The van der Waals surface area contributed by atoms with Gasteiger partial charge in [-0.05, 0) is 236 Å². The van der Waals surface area contributed by atoms with E-state index in [2.05, 4.69) is 20.8 Å². The highest BCUT2D eigenvalue weighted by Gasteiger charge is 2.35. The third-order valence-electron chi connectivity index (χ3n) is 26.7. The van der Waals surface area contributed by atoms with Crippen LogP contribution in [0.3, 0.4) is 0 Å². The van der Waals surface area contributed by atoms with Gasteiger partial charge in [-0.2, -0.15) is 0 Å². The van der Waals surface area contributed by atoms with Crippen molar-refractivity contribution in [2.24, 2.45) is 80.7 Å². The van der Waals surface area contributed by atoms with E-state index < -0.39 is 29.1 Å². The molecule has 0 heterocycles. The summed E-state index contributed by atoms with van der Waals surface area (Å²) in [5, 5.41) is 0. The molecule has 0 fully saturated rings. The number of unbranched alkanes of at least 4 members (excludes halogenated alkanes) is 6. The van der Waals surface area contributed by atoms with Crippen LogP contribution in [0.15, 0.2) is 182 Å². The standard InChI is InChI=1S/C116H174N12O12/c1-115(2,3)78-102(54-30-36-72-122)84-127(113(139)65-59-95-45-21-11-22-46-95)89-107(133)76-100(52-28-34-70-120)82-125(111(137)63-57-93-41-17-9-18-42-93)87-105(131)74-98(50-26-32-68-118)80-123(109(135)61-55-91-37-13-7-14-38-91)85-103(129)73-97(49-25-31-67-117)79-124(110(136)62-56-92-39-15-8-16-40-92)86-104(130)75-99(51-27-33-69-119)81-126(112(138)64-58-94-43-19-10-20-44-94)88-106(132)77-101(53-29-35-71-121)83-128(90-108(134)116(4,5)6)114(140)66-60-96-47-23-12-24-48-96/h7-24,37-48,97-102H,25-36,49-90,117-122H2,1-6H3/t97-,98-,99-,100-,101-,102-/m1/s1. The van der Waals surface area contributed by atoms with Gasteiger partial charge in [-0.3, -0.25) is 57.5 Å². The lowest BCUT2D eigenvalue weighted by molar-refractivity contribution is -0.139. The first-order valence-corrected chi connectivity index (χ1v) is 52.6. The predicted octanol–water partition coefficient (Wildman–Crippen LogP) is 16.1. The highest BCUT2D eigenvalue weighted by atomic mass is 16.2. The van der Waals surface area contributed by atoms with Gasteiger partial charge in [0.15, 0.2) is 34.7 Å². The summed E-state index contributed by atoms with van der Waals surface area (Å²) >= 11 is 0. The Hall–Kier alpha value is -10.1. The van der Waals surface area contributed by atoms with Crippen LogP contribution >= 0.6 is 0 Å². The molecule has 24 heteroatoms. The van der Waals surface area contributed by atoms with Crippen LogP contribution < -0.4 is 34.4 Å². The number of nitrogens with zero attached hydrogens (tertiary/aromatic N) is 6. The molecule has 6 atom stereocenters. The van der Waals surface area contributed by atoms with Crippen LogP contribution in [0.2, 0.25) is 0 Å². The van der Waals surface area contributed by atoms with Crippen molar-refractivity contribution in [2.45, 2.75) is 273 Å². The van der Waals surface area contributed by atoms with Crippen molar-refractivity contribution >= 4 is 70.1 Å². The predicted molar refractivity (Wildman–Crippen MR) is 563 cm³/mol. The monoisotopic (exact) mass is 1930 g/mol. The molecule has 0 aliphatic carbocycles. The molecule has 0 aliphatic heterocycles. The summed E-state index contributed by atoms with van der Waals surface area (Å²) in [6, 6.07) is 58.0. The summed E-state index contributed by atoms with van der Waals surface area (Å²) in [5.74, 6) is -4.85. The van der Waals surface area contributed by atoms with E-state index in [1.807, 2.05) is 203 Å². The van der Waals surface area contributed by atoms with E-state index in [-0.39, 0.29) is 230 Å². The van der Waals surface area contributed by atoms with E-state index >= 15 is 38.4 Å². The fourth-order valence-electron chi connectivity index (χ4n) is 19.0. The molecule has 0 saturated carbocycles. The summed E-state index contributed by atoms with van der Waals surface area (Å²) in [7, 11) is 0. The van der Waals surface area contributed by atoms with Gasteiger partial charge in [0.25, 0.3) is 0 Å². The van der Waals surface area contributed by atoms with Crippen LogP contribution in [0.4, 0.5) is 0 Å². The Morgan fingerprint density at radius 2 is 0.393 bits per heavy atom. The van der Waals surface area contributed by atoms with Crippen molar-refractivity contribution in [3.05, 3.63) is 215 Å². The lowest BCUT2D eigenvalue weighted by Crippen LogP contribution is -2.44. The molecule has 770 valence electrons. The van der Waals surface area contributed by atoms with E-state index in [1.54, 1.807) is 29.4 Å². The Kier molecular flexibility index (Phi) is 57.8. The maximum absolute atomic E-state index is 15.5. The molecule has 0 unspecified atom stereocenters. The average Bonchev–Trinajstić information content (AvgIpc) is 0.721. The van der Waals surface area contributed by atoms with E-state index in [4.69, 9.17) is 34.4 Å². The van der Waals surface area contributed by atoms with Crippen molar-refractivity contribution < 1.29 is 57.5 Å². The molecule has 0 saturated heterocycles. The molecule has 0 aromatic heterocycles. The highest BCUT2D eigenvalue weighted by Crippen LogP contribution is 2.31. The molecule has 140 heavy (non-hydrogen) atoms. The smallest absolute Gasteiger partial charge is 0.223 e. The summed E-state index contributed by atoms with van der Waals surface area (Å²) in [6.45, 7) is 13.9. The second kappa shape index (κ2) is 68.2. The maximum Gasteiger partial charge on any atom is 0.223 e. The quantitative estimate of drug-likeness (QED) is 0.0193. The zero-order valence-corrected chi connectivity index (χ0v) is 86.0. The molecule has 12 N–H and O–H groups in total. The van der Waals surface area contributed by atoms with Gasteiger partial charge in [-0.1, -0.05) is 262 Å². The van der Waals surface area contributed by atoms with Gasteiger partial charge in [0.1, 0.15) is 0 Å². The average molecular weight is 1930 g/mol. The Morgan fingerprint density at radius 1 is 0.229 bits per heavy atom. The van der Waals surface area contributed by atoms with E-state index in [1.165, 1.54) is 0 Å². The molecule has 6 aromatic rings. The maximum atomic E-state index is 15.5. The van der Waals surface area contributed by atoms with Crippen LogP contribution in [0.1, 0.15) is 268 Å². The van der Waals surface area contributed by atoms with Gasteiger partial charge in [0, 0.05) is 115 Å². The highest BCUT2D eigenvalue weighted by molar-refractivity contribution is 5.92. The van der Waals surface area contributed by atoms with Crippen LogP contribution in [-0.4, -0.2) is 217 Å². The number of benzene rings is 6. The van der Waals surface area contributed by atoms with Gasteiger partial charge in [-0.15, -0.1) is 0 Å². The van der Waals surface area contributed by atoms with E-state index in [9.17, 15) is 19.2 Å². The summed E-state index contributed by atoms with van der Waals surface area (Å²) in [5.41, 5.74) is 41.7. The van der Waals surface area contributed by atoms with E-state index in [0.717, 1.165) is 59.1 Å². The molecule has 6 amide bonds. The Labute approximate surface area is 838 Å². The van der Waals surface area contributed by atoms with Gasteiger partial charge in [0.05, 0.1) is 39.3 Å². The van der Waals surface area contributed by atoms with Crippen molar-refractivity contribution in [3.8, 4) is 0 Å². The number of hydrogen-bond donors (Lipinski definition) is 6. The molecule has 0 bridgehead atoms. The second-order valence-electron chi connectivity index (χ2n) is 41.6. The minimum absolute atomic E-state index is 0.00883. The molecule has 0 radical (unpaired) electrons. The normalized spacial score (nSPS) is 12.9. The Bertz CT molecular complexity index is 4500. The number of amides is 6. The summed E-state index contributed by atoms with van der Waals surface area (Å²) in [4.78, 5) is 189. The number of rotatable bonds is 77. The molecule has 24 nitrogen and oxygen atoms in total. The van der Waals surface area contributed by atoms with Gasteiger partial charge in [0.2, 0.25) is 35.4 Å². The van der Waals surface area contributed by atoms with Crippen molar-refractivity contribution in [2.75, 3.05) is 118 Å². The fraction of sp³-hybridized carbons (Fsp3) is 0.586. The third-order valence-corrected chi connectivity index (χ3v) is 26.7. The topological polar surface area (TPSA) is 380 Å². The minimum Gasteiger partial charge on any atom is -0.335 e. The van der Waals surface area contributed by atoms with E-state index in [0.29, 0.717) is 181 Å². The summed E-state index contributed by atoms with van der Waals surface area (Å²) < 4.78 is 0. The molecular weight excluding hydrogens is 1750 g/mol. The lowest BCUT2D eigenvalue weighted by atomic mass is 9.82. The SMILES string of the molecule is CC(C)(C)C[C@@H](CCCCN)CN(CC(=O)C[C@@H](CCCCN)CN(CC(=O)C[C@@H](CCCCN)CN(CC(=O)C[C@@H](CCCCN)CN(CC(=O)C[C@@H](CCCCN)CN(CC(=O)C[C@@H](CCCCN)CN(CC(=O)C(C)(C)C)C(=O)CCc1ccccc1)C(=O)CCc1ccccc1)C(=O)CCc1ccccc1)C(=O)CCc1ccccc1)C(=O)CCc1ccccc1)C(=O)CCc1ccccc1.